The predicted molar refractivity (Wildman–Crippen MR) is 131 cm³/mol. The molecule has 0 unspecified atom stereocenters. The third-order valence-electron chi connectivity index (χ3n) is 6.81. The lowest BCUT2D eigenvalue weighted by molar-refractivity contribution is -0.141. The molecule has 2 aliphatic rings. The fourth-order valence-electron chi connectivity index (χ4n) is 4.50. The van der Waals surface area contributed by atoms with E-state index >= 15 is 0 Å². The van der Waals surface area contributed by atoms with Crippen LogP contribution in [0.5, 0.6) is 0 Å². The number of nitrogens with one attached hydrogen (secondary N) is 1. The van der Waals surface area contributed by atoms with Crippen molar-refractivity contribution in [2.75, 3.05) is 36.5 Å². The largest absolute Gasteiger partial charge is 0.433 e. The van der Waals surface area contributed by atoms with E-state index in [0.717, 1.165) is 66.4 Å². The van der Waals surface area contributed by atoms with Crippen LogP contribution in [0.25, 0.3) is 11.1 Å². The number of aryl methyl sites for hydroxylation is 1. The van der Waals surface area contributed by atoms with E-state index < -0.39 is 17.8 Å². The first kappa shape index (κ1) is 24.2. The number of amides is 1. The minimum absolute atomic E-state index is 0.106. The molecule has 1 N–H and O–H groups in total. The number of carbonyl (C=O) groups excluding carboxylic acids is 1. The zero-order chi connectivity index (χ0) is 25.3. The maximum Gasteiger partial charge on any atom is 0.433 e. The lowest BCUT2D eigenvalue weighted by atomic mass is 9.82. The Bertz CT molecular complexity index is 1270. The minimum atomic E-state index is -4.62. The number of ether oxygens (including phenoxy) is 1. The molecule has 0 spiro atoms. The first-order valence-electron chi connectivity index (χ1n) is 12.1. The van der Waals surface area contributed by atoms with E-state index in [-0.39, 0.29) is 5.56 Å². The fraction of sp³-hybridized carbons (Fsp3) is 0.370. The molecule has 9 heteroatoms. The summed E-state index contributed by atoms with van der Waals surface area (Å²) in [5, 5.41) is 2.74. The maximum atomic E-state index is 13.0. The van der Waals surface area contributed by atoms with Crippen LogP contribution in [0, 0.1) is 6.92 Å². The van der Waals surface area contributed by atoms with Gasteiger partial charge in [0.05, 0.1) is 13.2 Å². The normalized spacial score (nSPS) is 16.5. The van der Waals surface area contributed by atoms with E-state index in [1.165, 1.54) is 12.5 Å². The molecule has 3 heterocycles. The maximum absolute atomic E-state index is 13.0. The molecule has 2 fully saturated rings. The SMILES string of the molecule is Cc1ccc(NC(=O)c2ccnc(C(F)(F)F)c2)cc1-c1cc(C2CCC2)nc(N2CCOCC2)c1. The first-order chi connectivity index (χ1) is 17.3. The van der Waals surface area contributed by atoms with Crippen LogP contribution in [0.3, 0.4) is 0 Å². The van der Waals surface area contributed by atoms with Crippen LogP contribution in [0.15, 0.2) is 48.7 Å². The van der Waals surface area contributed by atoms with Crippen LogP contribution >= 0.6 is 0 Å². The number of benzene rings is 1. The molecule has 1 aliphatic heterocycles. The van der Waals surface area contributed by atoms with Gasteiger partial charge in [0.1, 0.15) is 11.5 Å². The van der Waals surface area contributed by atoms with Gasteiger partial charge in [0.15, 0.2) is 0 Å². The molecule has 2 aromatic heterocycles. The summed E-state index contributed by atoms with van der Waals surface area (Å²) >= 11 is 0. The summed E-state index contributed by atoms with van der Waals surface area (Å²) in [5.41, 5.74) is 3.34. The Morgan fingerprint density at radius 2 is 1.86 bits per heavy atom. The summed E-state index contributed by atoms with van der Waals surface area (Å²) in [7, 11) is 0. The van der Waals surface area contributed by atoms with Gasteiger partial charge in [0, 0.05) is 42.1 Å². The number of aromatic nitrogens is 2. The van der Waals surface area contributed by atoms with Crippen molar-refractivity contribution < 1.29 is 22.7 Å². The van der Waals surface area contributed by atoms with Gasteiger partial charge in [0.2, 0.25) is 0 Å². The van der Waals surface area contributed by atoms with Gasteiger partial charge in [-0.05, 0) is 72.9 Å². The summed E-state index contributed by atoms with van der Waals surface area (Å²) in [4.78, 5) is 23.3. The van der Waals surface area contributed by atoms with Crippen LogP contribution < -0.4 is 10.2 Å². The van der Waals surface area contributed by atoms with Crippen molar-refractivity contribution in [3.63, 3.8) is 0 Å². The molecule has 6 nitrogen and oxygen atoms in total. The number of pyridine rings is 2. The van der Waals surface area contributed by atoms with Crippen molar-refractivity contribution in [3.05, 3.63) is 71.2 Å². The van der Waals surface area contributed by atoms with E-state index in [1.807, 2.05) is 19.1 Å². The number of carbonyl (C=O) groups is 1. The van der Waals surface area contributed by atoms with Crippen LogP contribution in [0.4, 0.5) is 24.7 Å². The minimum Gasteiger partial charge on any atom is -0.378 e. The molecule has 1 aromatic carbocycles. The van der Waals surface area contributed by atoms with Crippen molar-refractivity contribution in [3.8, 4) is 11.1 Å². The lowest BCUT2D eigenvalue weighted by Gasteiger charge is -2.31. The standard InChI is InChI=1S/C27H27F3N4O2/c1-17-5-6-21(32-26(35)19-7-8-31-24(14-19)27(28,29)30)16-22(17)20-13-23(18-3-2-4-18)33-25(15-20)34-9-11-36-12-10-34/h5-8,13-16,18H,2-4,9-12H2,1H3,(H,32,35). The van der Waals surface area contributed by atoms with Crippen molar-refractivity contribution in [2.24, 2.45) is 0 Å². The number of hydrogen-bond donors (Lipinski definition) is 1. The summed E-state index contributed by atoms with van der Waals surface area (Å²) in [6, 6.07) is 11.7. The number of halogens is 3. The Balaban J connectivity index is 1.45. The van der Waals surface area contributed by atoms with Crippen molar-refractivity contribution in [2.45, 2.75) is 38.3 Å². The quantitative estimate of drug-likeness (QED) is 0.482. The molecule has 0 atom stereocenters. The second-order valence-corrected chi connectivity index (χ2v) is 9.28. The molecule has 0 bridgehead atoms. The Morgan fingerprint density at radius 3 is 2.56 bits per heavy atom. The molecule has 3 aromatic rings. The molecule has 1 saturated heterocycles. The number of morpholine rings is 1. The Hall–Kier alpha value is -3.46. The zero-order valence-electron chi connectivity index (χ0n) is 19.9. The topological polar surface area (TPSA) is 67.4 Å². The zero-order valence-corrected chi connectivity index (χ0v) is 19.9. The van der Waals surface area contributed by atoms with E-state index in [0.29, 0.717) is 24.8 Å². The van der Waals surface area contributed by atoms with E-state index in [9.17, 15) is 18.0 Å². The van der Waals surface area contributed by atoms with Gasteiger partial charge < -0.3 is 15.0 Å². The second kappa shape index (κ2) is 9.89. The molecular formula is C27H27F3N4O2. The Kier molecular flexibility index (Phi) is 6.66. The average molecular weight is 497 g/mol. The van der Waals surface area contributed by atoms with E-state index in [2.05, 4.69) is 27.3 Å². The number of anilines is 2. The molecule has 5 rings (SSSR count). The fourth-order valence-corrected chi connectivity index (χ4v) is 4.50. The van der Waals surface area contributed by atoms with Gasteiger partial charge in [0.25, 0.3) is 5.91 Å². The molecule has 1 saturated carbocycles. The van der Waals surface area contributed by atoms with Crippen molar-refractivity contribution >= 4 is 17.4 Å². The number of alkyl halides is 3. The highest BCUT2D eigenvalue weighted by molar-refractivity contribution is 6.04. The van der Waals surface area contributed by atoms with Gasteiger partial charge >= 0.3 is 6.18 Å². The highest BCUT2D eigenvalue weighted by atomic mass is 19.4. The summed E-state index contributed by atoms with van der Waals surface area (Å²) < 4.78 is 44.6. The van der Waals surface area contributed by atoms with Crippen LogP contribution in [-0.2, 0) is 10.9 Å². The highest BCUT2D eigenvalue weighted by Crippen LogP contribution is 2.39. The van der Waals surface area contributed by atoms with E-state index in [4.69, 9.17) is 9.72 Å². The molecule has 1 aliphatic carbocycles. The van der Waals surface area contributed by atoms with Crippen LogP contribution in [0.1, 0.15) is 52.5 Å². The average Bonchev–Trinajstić information content (AvgIpc) is 2.84. The van der Waals surface area contributed by atoms with Crippen molar-refractivity contribution in [1.82, 2.24) is 9.97 Å². The third-order valence-corrected chi connectivity index (χ3v) is 6.81. The first-order valence-corrected chi connectivity index (χ1v) is 12.1. The van der Waals surface area contributed by atoms with Crippen LogP contribution in [0.2, 0.25) is 0 Å². The predicted octanol–water partition coefficient (Wildman–Crippen LogP) is 5.83. The monoisotopic (exact) mass is 496 g/mol. The molecule has 188 valence electrons. The Morgan fingerprint density at radius 1 is 1.08 bits per heavy atom. The lowest BCUT2D eigenvalue weighted by Crippen LogP contribution is -2.37. The summed E-state index contributed by atoms with van der Waals surface area (Å²) in [5.74, 6) is 0.738. The molecule has 1 amide bonds. The Labute approximate surface area is 207 Å². The number of rotatable bonds is 5. The van der Waals surface area contributed by atoms with Gasteiger partial charge in [-0.3, -0.25) is 9.78 Å². The highest BCUT2D eigenvalue weighted by Gasteiger charge is 2.33. The summed E-state index contributed by atoms with van der Waals surface area (Å²) in [6.45, 7) is 4.88. The van der Waals surface area contributed by atoms with Crippen molar-refractivity contribution in [1.29, 1.82) is 0 Å². The number of nitrogens with zero attached hydrogens (tertiary/aromatic N) is 3. The number of hydrogen-bond acceptors (Lipinski definition) is 5. The smallest absolute Gasteiger partial charge is 0.378 e. The van der Waals surface area contributed by atoms with Gasteiger partial charge in [-0.15, -0.1) is 0 Å². The van der Waals surface area contributed by atoms with Gasteiger partial charge in [-0.1, -0.05) is 12.5 Å². The molecular weight excluding hydrogens is 469 g/mol. The van der Waals surface area contributed by atoms with Gasteiger partial charge in [-0.25, -0.2) is 4.98 Å². The van der Waals surface area contributed by atoms with E-state index in [1.54, 1.807) is 6.07 Å². The molecule has 0 radical (unpaired) electrons. The van der Waals surface area contributed by atoms with Gasteiger partial charge in [-0.2, -0.15) is 13.2 Å². The van der Waals surface area contributed by atoms with Crippen LogP contribution in [-0.4, -0.2) is 42.2 Å². The molecule has 36 heavy (non-hydrogen) atoms. The summed E-state index contributed by atoms with van der Waals surface area (Å²) in [6.07, 6.45) is -0.176. The second-order valence-electron chi connectivity index (χ2n) is 9.28. The third kappa shape index (κ3) is 5.21.